The van der Waals surface area contributed by atoms with Crippen LogP contribution in [0.15, 0.2) is 30.3 Å². The van der Waals surface area contributed by atoms with Crippen molar-refractivity contribution in [3.63, 3.8) is 0 Å². The number of phenolic OH excluding ortho intramolecular Hbond substituents is 2. The van der Waals surface area contributed by atoms with Gasteiger partial charge in [0.25, 0.3) is 0 Å². The first-order valence-electron chi connectivity index (χ1n) is 9.43. The number of rotatable bonds is 3. The third kappa shape index (κ3) is 2.99. The lowest BCUT2D eigenvalue weighted by Gasteiger charge is -2.45. The van der Waals surface area contributed by atoms with Crippen molar-refractivity contribution in [3.05, 3.63) is 58.1 Å². The largest absolute Gasteiger partial charge is 0.507 e. The van der Waals surface area contributed by atoms with E-state index in [1.807, 2.05) is 0 Å². The normalized spacial score (nSPS) is 30.6. The smallest absolute Gasteiger partial charge is 0.201 e. The highest BCUT2D eigenvalue weighted by Gasteiger charge is 2.50. The number of carbonyl (C=O) groups is 1. The van der Waals surface area contributed by atoms with Gasteiger partial charge in [-0.1, -0.05) is 18.2 Å². The SMILES string of the molecule is O=C1c2c(O)cccc2[C@H]([C@@H]2O[C@@H](CO)[C@H](O)[C@H](O)[C@@H]2O)c2cc(CO)cc(O)c21. The van der Waals surface area contributed by atoms with Crippen molar-refractivity contribution in [2.24, 2.45) is 0 Å². The first-order chi connectivity index (χ1) is 14.3. The number of carbonyl (C=O) groups excluding carboxylic acids is 1. The van der Waals surface area contributed by atoms with Crippen LogP contribution in [0.5, 0.6) is 11.5 Å². The molecule has 1 aliphatic heterocycles. The zero-order valence-corrected chi connectivity index (χ0v) is 15.7. The quantitative estimate of drug-likeness (QED) is 0.334. The second-order valence-electron chi connectivity index (χ2n) is 7.58. The molecule has 0 unspecified atom stereocenters. The van der Waals surface area contributed by atoms with Crippen molar-refractivity contribution in [1.82, 2.24) is 0 Å². The molecule has 0 amide bonds. The Bertz CT molecular complexity index is 987. The van der Waals surface area contributed by atoms with Gasteiger partial charge in [-0.2, -0.15) is 0 Å². The standard InChI is InChI=1S/C21H22O9/c22-6-8-4-10-14(21-20(29)19(28)17(26)13(7-23)30-21)9-2-1-3-11(24)15(9)18(27)16(10)12(25)5-8/h1-5,13-14,17,19-26,28-29H,6-7H2/t13-,14-,17-,19-,20-,21-/m0/s1. The maximum Gasteiger partial charge on any atom is 0.201 e. The van der Waals surface area contributed by atoms with Gasteiger partial charge >= 0.3 is 0 Å². The van der Waals surface area contributed by atoms with Crippen LogP contribution in [0.3, 0.4) is 0 Å². The molecule has 1 saturated heterocycles. The first kappa shape index (κ1) is 20.7. The molecule has 0 spiro atoms. The molecule has 0 radical (unpaired) electrons. The molecule has 1 aliphatic carbocycles. The topological polar surface area (TPSA) is 168 Å². The van der Waals surface area contributed by atoms with E-state index in [0.717, 1.165) is 0 Å². The van der Waals surface area contributed by atoms with Crippen LogP contribution in [0.4, 0.5) is 0 Å². The summed E-state index contributed by atoms with van der Waals surface area (Å²) in [6.45, 7) is -1.06. The molecule has 2 aliphatic rings. The van der Waals surface area contributed by atoms with Crippen LogP contribution in [0.1, 0.15) is 38.5 Å². The van der Waals surface area contributed by atoms with Gasteiger partial charge in [0.05, 0.1) is 30.4 Å². The van der Waals surface area contributed by atoms with Crippen LogP contribution >= 0.6 is 0 Å². The number of phenols is 2. The summed E-state index contributed by atoms with van der Waals surface area (Å²) in [6, 6.07) is 7.06. The number of ketones is 1. The molecule has 0 bridgehead atoms. The van der Waals surface area contributed by atoms with Crippen molar-refractivity contribution in [3.8, 4) is 11.5 Å². The van der Waals surface area contributed by atoms with Crippen LogP contribution in [0.2, 0.25) is 0 Å². The van der Waals surface area contributed by atoms with Crippen LogP contribution in [0, 0.1) is 0 Å². The number of fused-ring (bicyclic) bond motifs is 2. The minimum Gasteiger partial charge on any atom is -0.507 e. The molecule has 0 aromatic heterocycles. The van der Waals surface area contributed by atoms with Crippen LogP contribution in [-0.2, 0) is 11.3 Å². The predicted octanol–water partition coefficient (Wildman–Crippen LogP) is -0.891. The molecule has 0 saturated carbocycles. The highest BCUT2D eigenvalue weighted by molar-refractivity contribution is 6.16. The zero-order chi connectivity index (χ0) is 21.7. The van der Waals surface area contributed by atoms with E-state index in [1.165, 1.54) is 24.3 Å². The van der Waals surface area contributed by atoms with Crippen molar-refractivity contribution in [1.29, 1.82) is 0 Å². The summed E-state index contributed by atoms with van der Waals surface area (Å²) in [5.74, 6) is -2.34. The fourth-order valence-electron chi connectivity index (χ4n) is 4.41. The summed E-state index contributed by atoms with van der Waals surface area (Å²) in [7, 11) is 0. The highest BCUT2D eigenvalue weighted by Crippen LogP contribution is 2.47. The summed E-state index contributed by atoms with van der Waals surface area (Å²) in [5, 5.41) is 71.0. The lowest BCUT2D eigenvalue weighted by Crippen LogP contribution is -2.60. The summed E-state index contributed by atoms with van der Waals surface area (Å²) < 4.78 is 5.73. The van der Waals surface area contributed by atoms with Gasteiger partial charge < -0.3 is 40.5 Å². The Labute approximate surface area is 171 Å². The number of aromatic hydroxyl groups is 2. The maximum absolute atomic E-state index is 13.1. The van der Waals surface area contributed by atoms with E-state index in [9.17, 15) is 40.5 Å². The van der Waals surface area contributed by atoms with E-state index < -0.39 is 61.2 Å². The molecule has 160 valence electrons. The first-order valence-corrected chi connectivity index (χ1v) is 9.43. The third-order valence-corrected chi connectivity index (χ3v) is 5.85. The highest BCUT2D eigenvalue weighted by atomic mass is 16.5. The van der Waals surface area contributed by atoms with Crippen LogP contribution in [-0.4, -0.2) is 78.7 Å². The van der Waals surface area contributed by atoms with E-state index >= 15 is 0 Å². The molecule has 4 rings (SSSR count). The van der Waals surface area contributed by atoms with Gasteiger partial charge in [0.15, 0.2) is 0 Å². The Morgan fingerprint density at radius 2 is 1.57 bits per heavy atom. The fourth-order valence-corrected chi connectivity index (χ4v) is 4.41. The Balaban J connectivity index is 1.96. The van der Waals surface area contributed by atoms with E-state index in [-0.39, 0.29) is 28.0 Å². The predicted molar refractivity (Wildman–Crippen MR) is 101 cm³/mol. The summed E-state index contributed by atoms with van der Waals surface area (Å²) in [4.78, 5) is 13.1. The van der Waals surface area contributed by atoms with E-state index in [4.69, 9.17) is 4.74 Å². The number of hydrogen-bond acceptors (Lipinski definition) is 9. The molecule has 1 fully saturated rings. The van der Waals surface area contributed by atoms with Crippen LogP contribution in [0.25, 0.3) is 0 Å². The Morgan fingerprint density at radius 1 is 0.867 bits per heavy atom. The van der Waals surface area contributed by atoms with E-state index in [0.29, 0.717) is 5.56 Å². The van der Waals surface area contributed by atoms with Gasteiger partial charge in [-0.25, -0.2) is 0 Å². The summed E-state index contributed by atoms with van der Waals surface area (Å²) >= 11 is 0. The van der Waals surface area contributed by atoms with Crippen molar-refractivity contribution < 1.29 is 45.3 Å². The minimum atomic E-state index is -1.64. The van der Waals surface area contributed by atoms with Gasteiger partial charge in [-0.05, 0) is 28.8 Å². The zero-order valence-electron chi connectivity index (χ0n) is 15.7. The van der Waals surface area contributed by atoms with Crippen molar-refractivity contribution in [2.75, 3.05) is 6.61 Å². The molecule has 9 nitrogen and oxygen atoms in total. The Hall–Kier alpha value is -2.53. The monoisotopic (exact) mass is 418 g/mol. The molecular formula is C21H22O9. The average molecular weight is 418 g/mol. The van der Waals surface area contributed by atoms with Crippen molar-refractivity contribution >= 4 is 5.78 Å². The third-order valence-electron chi connectivity index (χ3n) is 5.85. The van der Waals surface area contributed by atoms with E-state index in [2.05, 4.69) is 0 Å². The molecule has 7 N–H and O–H groups in total. The Kier molecular flexibility index (Phi) is 5.27. The molecule has 2 aromatic rings. The van der Waals surface area contributed by atoms with Gasteiger partial charge in [0.1, 0.15) is 35.9 Å². The minimum absolute atomic E-state index is 0.0843. The molecule has 30 heavy (non-hydrogen) atoms. The van der Waals surface area contributed by atoms with Crippen LogP contribution < -0.4 is 0 Å². The second kappa shape index (κ2) is 7.62. The fraction of sp³-hybridized carbons (Fsp3) is 0.381. The lowest BCUT2D eigenvalue weighted by atomic mass is 9.71. The molecule has 6 atom stereocenters. The van der Waals surface area contributed by atoms with Gasteiger partial charge in [-0.15, -0.1) is 0 Å². The molecule has 9 heteroatoms. The lowest BCUT2D eigenvalue weighted by molar-refractivity contribution is -0.232. The van der Waals surface area contributed by atoms with Gasteiger partial charge in [0.2, 0.25) is 5.78 Å². The van der Waals surface area contributed by atoms with E-state index in [1.54, 1.807) is 6.07 Å². The van der Waals surface area contributed by atoms with Gasteiger partial charge in [-0.3, -0.25) is 4.79 Å². The second-order valence-corrected chi connectivity index (χ2v) is 7.58. The summed E-state index contributed by atoms with van der Waals surface area (Å²) in [5.41, 5.74) is 0.609. The summed E-state index contributed by atoms with van der Waals surface area (Å²) in [6.07, 6.45) is -7.22. The Morgan fingerprint density at radius 3 is 2.23 bits per heavy atom. The van der Waals surface area contributed by atoms with Gasteiger partial charge in [0, 0.05) is 5.92 Å². The maximum atomic E-state index is 13.1. The number of ether oxygens (including phenoxy) is 1. The number of aliphatic hydroxyl groups excluding tert-OH is 5. The molecular weight excluding hydrogens is 396 g/mol. The number of benzene rings is 2. The molecule has 1 heterocycles. The average Bonchev–Trinajstić information content (AvgIpc) is 2.73. The number of aliphatic hydroxyl groups is 5. The number of hydrogen-bond donors (Lipinski definition) is 7. The van der Waals surface area contributed by atoms with Crippen molar-refractivity contribution in [2.45, 2.75) is 43.0 Å². The molecule has 2 aromatic carbocycles.